The Labute approximate surface area is 211 Å². The van der Waals surface area contributed by atoms with Crippen molar-refractivity contribution in [3.63, 3.8) is 0 Å². The molecule has 2 fully saturated rings. The molecule has 36 heavy (non-hydrogen) atoms. The van der Waals surface area contributed by atoms with E-state index in [0.717, 1.165) is 34.9 Å². The lowest BCUT2D eigenvalue weighted by Crippen LogP contribution is -2.50. The van der Waals surface area contributed by atoms with Gasteiger partial charge < -0.3 is 9.47 Å². The second-order valence-corrected chi connectivity index (χ2v) is 11.6. The van der Waals surface area contributed by atoms with Gasteiger partial charge in [-0.05, 0) is 47.9 Å². The van der Waals surface area contributed by atoms with Gasteiger partial charge in [0, 0.05) is 19.1 Å². The minimum atomic E-state index is -4.21. The molecule has 2 aromatic carbocycles. The number of benzene rings is 2. The van der Waals surface area contributed by atoms with Gasteiger partial charge in [0.25, 0.3) is 5.91 Å². The summed E-state index contributed by atoms with van der Waals surface area (Å²) in [5.74, 6) is -0.817. The highest BCUT2D eigenvalue weighted by Crippen LogP contribution is 2.41. The Morgan fingerprint density at radius 2 is 2.03 bits per heavy atom. The zero-order valence-corrected chi connectivity index (χ0v) is 21.4. The molecule has 0 spiro atoms. The summed E-state index contributed by atoms with van der Waals surface area (Å²) in [5, 5.41) is 0. The first kappa shape index (κ1) is 25.0. The molecule has 3 aliphatic rings. The third kappa shape index (κ3) is 4.94. The minimum absolute atomic E-state index is 0.125. The third-order valence-corrected chi connectivity index (χ3v) is 8.65. The van der Waals surface area contributed by atoms with Gasteiger partial charge in [-0.1, -0.05) is 44.2 Å². The Morgan fingerprint density at radius 1 is 1.25 bits per heavy atom. The van der Waals surface area contributed by atoms with Gasteiger partial charge in [-0.15, -0.1) is 0 Å². The van der Waals surface area contributed by atoms with Crippen LogP contribution in [-0.2, 0) is 39.2 Å². The summed E-state index contributed by atoms with van der Waals surface area (Å²) in [6.07, 6.45) is 2.14. The van der Waals surface area contributed by atoms with E-state index in [1.165, 1.54) is 0 Å². The van der Waals surface area contributed by atoms with E-state index in [0.29, 0.717) is 30.9 Å². The van der Waals surface area contributed by atoms with E-state index in [-0.39, 0.29) is 30.2 Å². The molecule has 8 nitrogen and oxygen atoms in total. The van der Waals surface area contributed by atoms with Crippen LogP contribution in [0.3, 0.4) is 0 Å². The van der Waals surface area contributed by atoms with Gasteiger partial charge in [0.15, 0.2) is 5.82 Å². The molecule has 0 aromatic heterocycles. The Balaban J connectivity index is 1.48. The number of ether oxygens (including phenoxy) is 2. The second-order valence-electron chi connectivity index (χ2n) is 10.0. The number of nitrogens with one attached hydrogen (secondary N) is 1. The fourth-order valence-electron chi connectivity index (χ4n) is 5.28. The van der Waals surface area contributed by atoms with Crippen molar-refractivity contribution in [3.05, 3.63) is 58.9 Å². The second kappa shape index (κ2) is 9.99. The molecule has 0 radical (unpaired) electrons. The number of anilines is 1. The van der Waals surface area contributed by atoms with Gasteiger partial charge in [-0.3, -0.25) is 9.69 Å². The number of nitrogens with zero attached hydrogens (tertiary/aromatic N) is 2. The first-order valence-corrected chi connectivity index (χ1v) is 13.9. The fraction of sp³-hybridized carbons (Fsp3) is 0.500. The van der Waals surface area contributed by atoms with Gasteiger partial charge in [-0.25, -0.2) is 13.4 Å². The number of carbonyl (C=O) groups excluding carboxylic acids is 1. The lowest BCUT2D eigenvalue weighted by Gasteiger charge is -2.41. The third-order valence-electron chi connectivity index (χ3n) is 7.28. The maximum atomic E-state index is 16.2. The standard InChI is InChI=1S/C26H32FN3O5S/c1-17(2)23-14-29(10-11-34-23)20-9-8-19-12-22(35-16-18-6-4-3-5-7-18)26(25(27)21(19)13-20)30-15-24(31)28-36(30,32)33/h3-7,12,17,20,23H,8-11,13-16H2,1-2H3,(H,28,31). The number of carbonyl (C=O) groups is 1. The summed E-state index contributed by atoms with van der Waals surface area (Å²) in [6, 6.07) is 11.3. The van der Waals surface area contributed by atoms with E-state index in [1.54, 1.807) is 6.07 Å². The summed E-state index contributed by atoms with van der Waals surface area (Å²) in [5.41, 5.74) is 1.98. The first-order chi connectivity index (χ1) is 17.2. The van der Waals surface area contributed by atoms with Crippen molar-refractivity contribution in [1.29, 1.82) is 0 Å². The molecule has 2 atom stereocenters. The van der Waals surface area contributed by atoms with Crippen LogP contribution in [0.25, 0.3) is 0 Å². The number of hydrogen-bond donors (Lipinski definition) is 1. The highest BCUT2D eigenvalue weighted by Gasteiger charge is 2.40. The quantitative estimate of drug-likeness (QED) is 0.634. The molecular weight excluding hydrogens is 485 g/mol. The molecular formula is C26H32FN3O5S. The molecule has 2 heterocycles. The average Bonchev–Trinajstić information content (AvgIpc) is 3.14. The van der Waals surface area contributed by atoms with Crippen LogP contribution in [0.5, 0.6) is 5.75 Å². The lowest BCUT2D eigenvalue weighted by atomic mass is 9.85. The Bertz CT molecular complexity index is 1240. The summed E-state index contributed by atoms with van der Waals surface area (Å²) >= 11 is 0. The highest BCUT2D eigenvalue weighted by molar-refractivity contribution is 7.92. The zero-order valence-electron chi connectivity index (χ0n) is 20.6. The predicted octanol–water partition coefficient (Wildman–Crippen LogP) is 2.80. The van der Waals surface area contributed by atoms with Crippen LogP contribution in [-0.4, -0.2) is 57.6 Å². The van der Waals surface area contributed by atoms with Gasteiger partial charge in [-0.2, -0.15) is 8.42 Å². The van der Waals surface area contributed by atoms with Crippen LogP contribution in [0.1, 0.15) is 37.0 Å². The molecule has 2 unspecified atom stereocenters. The highest BCUT2D eigenvalue weighted by atomic mass is 32.2. The molecule has 0 saturated carbocycles. The molecule has 1 aliphatic carbocycles. The molecule has 0 bridgehead atoms. The summed E-state index contributed by atoms with van der Waals surface area (Å²) < 4.78 is 56.2. The van der Waals surface area contributed by atoms with Gasteiger partial charge in [0.1, 0.15) is 24.6 Å². The molecule has 194 valence electrons. The SMILES string of the molecule is CC(C)C1CN(C2CCc3cc(OCc4ccccc4)c(N4CC(=O)NS4(=O)=O)c(F)c3C2)CCO1. The van der Waals surface area contributed by atoms with Crippen LogP contribution in [0.2, 0.25) is 0 Å². The van der Waals surface area contributed by atoms with Crippen molar-refractivity contribution in [2.45, 2.75) is 51.9 Å². The lowest BCUT2D eigenvalue weighted by molar-refractivity contribution is -0.117. The summed E-state index contributed by atoms with van der Waals surface area (Å²) in [4.78, 5) is 14.3. The smallest absolute Gasteiger partial charge is 0.326 e. The predicted molar refractivity (Wildman–Crippen MR) is 134 cm³/mol. The Kier molecular flexibility index (Phi) is 6.93. The Hall–Kier alpha value is -2.69. The van der Waals surface area contributed by atoms with Gasteiger partial charge >= 0.3 is 10.2 Å². The monoisotopic (exact) mass is 517 g/mol. The van der Waals surface area contributed by atoms with E-state index in [9.17, 15) is 13.2 Å². The zero-order chi connectivity index (χ0) is 25.4. The van der Waals surface area contributed by atoms with E-state index in [1.807, 2.05) is 35.1 Å². The number of fused-ring (bicyclic) bond motifs is 1. The number of rotatable bonds is 6. The van der Waals surface area contributed by atoms with Gasteiger partial charge in [0.05, 0.1) is 12.7 Å². The van der Waals surface area contributed by atoms with Crippen molar-refractivity contribution >= 4 is 21.8 Å². The molecule has 2 saturated heterocycles. The van der Waals surface area contributed by atoms with Crippen molar-refractivity contribution in [1.82, 2.24) is 9.62 Å². The molecule has 1 amide bonds. The number of amides is 1. The van der Waals surface area contributed by atoms with E-state index >= 15 is 4.39 Å². The van der Waals surface area contributed by atoms with Crippen molar-refractivity contribution in [2.75, 3.05) is 30.5 Å². The number of halogens is 1. The molecule has 2 aromatic rings. The van der Waals surface area contributed by atoms with Crippen LogP contribution < -0.4 is 13.8 Å². The molecule has 2 aliphatic heterocycles. The van der Waals surface area contributed by atoms with Crippen LogP contribution in [0.4, 0.5) is 10.1 Å². The number of aryl methyl sites for hydroxylation is 1. The van der Waals surface area contributed by atoms with Gasteiger partial charge in [0.2, 0.25) is 0 Å². The molecule has 1 N–H and O–H groups in total. The number of hydrogen-bond acceptors (Lipinski definition) is 6. The normalized spacial score (nSPS) is 24.0. The van der Waals surface area contributed by atoms with E-state index < -0.39 is 28.5 Å². The summed E-state index contributed by atoms with van der Waals surface area (Å²) in [7, 11) is -4.21. The van der Waals surface area contributed by atoms with Crippen LogP contribution in [0, 0.1) is 11.7 Å². The molecule has 5 rings (SSSR count). The topological polar surface area (TPSA) is 88.2 Å². The maximum Gasteiger partial charge on any atom is 0.326 e. The van der Waals surface area contributed by atoms with E-state index in [4.69, 9.17) is 9.47 Å². The van der Waals surface area contributed by atoms with Crippen molar-refractivity contribution < 1.29 is 27.1 Å². The minimum Gasteiger partial charge on any atom is -0.487 e. The average molecular weight is 518 g/mol. The largest absolute Gasteiger partial charge is 0.487 e. The van der Waals surface area contributed by atoms with Crippen molar-refractivity contribution in [3.8, 4) is 5.75 Å². The summed E-state index contributed by atoms with van der Waals surface area (Å²) in [6.45, 7) is 6.17. The first-order valence-electron chi connectivity index (χ1n) is 12.4. The van der Waals surface area contributed by atoms with Crippen LogP contribution >= 0.6 is 0 Å². The fourth-order valence-corrected chi connectivity index (χ4v) is 6.44. The molecule has 10 heteroatoms. The van der Waals surface area contributed by atoms with E-state index in [2.05, 4.69) is 18.7 Å². The number of morpholine rings is 1. The Morgan fingerprint density at radius 3 is 2.72 bits per heavy atom. The van der Waals surface area contributed by atoms with Crippen molar-refractivity contribution in [2.24, 2.45) is 5.92 Å². The maximum absolute atomic E-state index is 16.2. The van der Waals surface area contributed by atoms with Crippen LogP contribution in [0.15, 0.2) is 36.4 Å².